The smallest absolute Gasteiger partial charge is 0.235 e. The van der Waals surface area contributed by atoms with Crippen LogP contribution in [-0.4, -0.2) is 12.5 Å². The molecule has 0 radical (unpaired) electrons. The first-order chi connectivity index (χ1) is 10.1. The van der Waals surface area contributed by atoms with E-state index in [4.69, 9.17) is 0 Å². The third-order valence-electron chi connectivity index (χ3n) is 4.08. The highest BCUT2D eigenvalue weighted by Gasteiger charge is 2.43. The summed E-state index contributed by atoms with van der Waals surface area (Å²) in [6.07, 6.45) is 1.44. The lowest BCUT2D eigenvalue weighted by Crippen LogP contribution is -2.49. The monoisotopic (exact) mass is 287 g/mol. The summed E-state index contributed by atoms with van der Waals surface area (Å²) in [6.45, 7) is 0.628. The molecule has 1 heterocycles. The van der Waals surface area contributed by atoms with Gasteiger partial charge in [-0.15, -0.1) is 0 Å². The summed E-state index contributed by atoms with van der Waals surface area (Å²) in [5.41, 5.74) is 0.583. The highest BCUT2D eigenvalue weighted by Crippen LogP contribution is 2.39. The molecule has 108 valence electrons. The number of hydrogen-bond acceptors (Lipinski definition) is 1. The van der Waals surface area contributed by atoms with E-state index in [9.17, 15) is 13.6 Å². The Labute approximate surface area is 121 Å². The fourth-order valence-corrected chi connectivity index (χ4v) is 3.01. The maximum atomic E-state index is 13.2. The minimum atomic E-state index is -0.875. The van der Waals surface area contributed by atoms with Gasteiger partial charge in [0.2, 0.25) is 5.91 Å². The number of halogens is 2. The van der Waals surface area contributed by atoms with Gasteiger partial charge in [0.15, 0.2) is 0 Å². The molecule has 1 N–H and O–H groups in total. The van der Waals surface area contributed by atoms with E-state index in [1.165, 1.54) is 24.3 Å². The molecule has 0 bridgehead atoms. The molecule has 1 saturated heterocycles. The summed E-state index contributed by atoms with van der Waals surface area (Å²) in [5, 5.41) is 2.87. The second-order valence-corrected chi connectivity index (χ2v) is 5.28. The number of nitrogens with one attached hydrogen (secondary N) is 1. The van der Waals surface area contributed by atoms with Crippen molar-refractivity contribution in [3.63, 3.8) is 0 Å². The zero-order valence-corrected chi connectivity index (χ0v) is 11.4. The summed E-state index contributed by atoms with van der Waals surface area (Å²) in [5.74, 6) is -0.805. The molecule has 1 aliphatic rings. The molecule has 1 amide bonds. The fourth-order valence-electron chi connectivity index (χ4n) is 3.01. The molecule has 0 spiro atoms. The average molecular weight is 287 g/mol. The first-order valence-corrected chi connectivity index (χ1v) is 6.93. The van der Waals surface area contributed by atoms with Crippen molar-refractivity contribution in [2.24, 2.45) is 0 Å². The van der Waals surface area contributed by atoms with Gasteiger partial charge in [-0.1, -0.05) is 24.3 Å². The summed E-state index contributed by atoms with van der Waals surface area (Å²) >= 11 is 0. The van der Waals surface area contributed by atoms with Crippen LogP contribution in [0.15, 0.2) is 48.5 Å². The van der Waals surface area contributed by atoms with Crippen LogP contribution >= 0.6 is 0 Å². The quantitative estimate of drug-likeness (QED) is 0.903. The largest absolute Gasteiger partial charge is 0.355 e. The van der Waals surface area contributed by atoms with Crippen molar-refractivity contribution >= 4 is 5.91 Å². The molecule has 0 saturated carbocycles. The molecule has 2 aromatic carbocycles. The van der Waals surface area contributed by atoms with Crippen molar-refractivity contribution < 1.29 is 13.6 Å². The van der Waals surface area contributed by atoms with Gasteiger partial charge in [-0.25, -0.2) is 8.78 Å². The van der Waals surface area contributed by atoms with Gasteiger partial charge in [-0.2, -0.15) is 0 Å². The first kappa shape index (κ1) is 13.7. The summed E-state index contributed by atoms with van der Waals surface area (Å²) in [6, 6.07) is 11.9. The van der Waals surface area contributed by atoms with Gasteiger partial charge < -0.3 is 5.32 Å². The van der Waals surface area contributed by atoms with Crippen LogP contribution in [-0.2, 0) is 10.2 Å². The zero-order chi connectivity index (χ0) is 14.9. The number of rotatable bonds is 2. The van der Waals surface area contributed by atoms with E-state index in [1.54, 1.807) is 24.3 Å². The fraction of sp³-hybridized carbons (Fsp3) is 0.235. The van der Waals surface area contributed by atoms with Gasteiger partial charge in [0, 0.05) is 6.54 Å². The highest BCUT2D eigenvalue weighted by atomic mass is 19.1. The van der Waals surface area contributed by atoms with Crippen molar-refractivity contribution in [1.29, 1.82) is 0 Å². The van der Waals surface area contributed by atoms with E-state index >= 15 is 0 Å². The minimum Gasteiger partial charge on any atom is -0.355 e. The molecular weight excluding hydrogens is 272 g/mol. The minimum absolute atomic E-state index is 0.119. The van der Waals surface area contributed by atoms with Crippen LogP contribution in [0.3, 0.4) is 0 Å². The topological polar surface area (TPSA) is 29.1 Å². The normalized spacial score (nSPS) is 17.3. The number of carbonyl (C=O) groups is 1. The molecule has 3 rings (SSSR count). The van der Waals surface area contributed by atoms with Crippen LogP contribution in [0.5, 0.6) is 0 Å². The Kier molecular flexibility index (Phi) is 3.45. The van der Waals surface area contributed by atoms with Gasteiger partial charge in [-0.3, -0.25) is 4.79 Å². The molecule has 0 aromatic heterocycles. The summed E-state index contributed by atoms with van der Waals surface area (Å²) in [7, 11) is 0. The van der Waals surface area contributed by atoms with Crippen molar-refractivity contribution in [2.75, 3.05) is 6.54 Å². The van der Waals surface area contributed by atoms with Crippen molar-refractivity contribution in [2.45, 2.75) is 18.3 Å². The Balaban J connectivity index is 2.17. The number of hydrogen-bond donors (Lipinski definition) is 1. The van der Waals surface area contributed by atoms with E-state index in [2.05, 4.69) is 5.32 Å². The van der Waals surface area contributed by atoms with Crippen molar-refractivity contribution in [3.05, 3.63) is 71.3 Å². The van der Waals surface area contributed by atoms with E-state index < -0.39 is 5.41 Å². The lowest BCUT2D eigenvalue weighted by atomic mass is 9.69. The highest BCUT2D eigenvalue weighted by molar-refractivity contribution is 5.92. The van der Waals surface area contributed by atoms with Gasteiger partial charge in [0.1, 0.15) is 11.6 Å². The molecule has 0 atom stereocenters. The summed E-state index contributed by atoms with van der Waals surface area (Å²) < 4.78 is 26.4. The van der Waals surface area contributed by atoms with Crippen LogP contribution in [0.25, 0.3) is 0 Å². The second kappa shape index (κ2) is 5.28. The first-order valence-electron chi connectivity index (χ1n) is 6.93. The SMILES string of the molecule is O=C1NCCCC1(c1ccc(F)cc1)c1ccc(F)cc1. The molecule has 0 aliphatic carbocycles. The van der Waals surface area contributed by atoms with Gasteiger partial charge >= 0.3 is 0 Å². The van der Waals surface area contributed by atoms with Gasteiger partial charge in [0.25, 0.3) is 0 Å². The lowest BCUT2D eigenvalue weighted by Gasteiger charge is -2.37. The average Bonchev–Trinajstić information content (AvgIpc) is 2.50. The molecule has 2 nitrogen and oxygen atoms in total. The Morgan fingerprint density at radius 1 is 0.857 bits per heavy atom. The molecule has 21 heavy (non-hydrogen) atoms. The van der Waals surface area contributed by atoms with E-state index in [0.29, 0.717) is 13.0 Å². The molecule has 1 fully saturated rings. The van der Waals surface area contributed by atoms with Gasteiger partial charge in [-0.05, 0) is 48.2 Å². The third kappa shape index (κ3) is 2.31. The van der Waals surface area contributed by atoms with Crippen LogP contribution in [0.2, 0.25) is 0 Å². The van der Waals surface area contributed by atoms with E-state index in [0.717, 1.165) is 17.5 Å². The Hall–Kier alpha value is -2.23. The van der Waals surface area contributed by atoms with Crippen LogP contribution in [0.1, 0.15) is 24.0 Å². The molecule has 2 aromatic rings. The van der Waals surface area contributed by atoms with Gasteiger partial charge in [0.05, 0.1) is 5.41 Å². The molecule has 0 unspecified atom stereocenters. The van der Waals surface area contributed by atoms with Crippen LogP contribution < -0.4 is 5.32 Å². The molecule has 1 aliphatic heterocycles. The Bertz CT molecular complexity index is 604. The maximum Gasteiger partial charge on any atom is 0.235 e. The Morgan fingerprint density at radius 3 is 1.76 bits per heavy atom. The van der Waals surface area contributed by atoms with Crippen LogP contribution in [0.4, 0.5) is 8.78 Å². The number of benzene rings is 2. The van der Waals surface area contributed by atoms with E-state index in [-0.39, 0.29) is 17.5 Å². The van der Waals surface area contributed by atoms with Crippen molar-refractivity contribution in [3.8, 4) is 0 Å². The Morgan fingerprint density at radius 2 is 1.33 bits per heavy atom. The summed E-state index contributed by atoms with van der Waals surface area (Å²) in [4.78, 5) is 12.6. The number of amides is 1. The third-order valence-corrected chi connectivity index (χ3v) is 4.08. The number of carbonyl (C=O) groups excluding carboxylic acids is 1. The molecule has 4 heteroatoms. The van der Waals surface area contributed by atoms with Crippen LogP contribution in [0, 0.1) is 11.6 Å². The van der Waals surface area contributed by atoms with E-state index in [1.807, 2.05) is 0 Å². The maximum absolute atomic E-state index is 13.2. The lowest BCUT2D eigenvalue weighted by molar-refractivity contribution is -0.127. The predicted octanol–water partition coefficient (Wildman–Crippen LogP) is 3.16. The zero-order valence-electron chi connectivity index (χ0n) is 11.4. The molecular formula is C17H15F2NO. The predicted molar refractivity (Wildman–Crippen MR) is 75.8 cm³/mol. The second-order valence-electron chi connectivity index (χ2n) is 5.28. The van der Waals surface area contributed by atoms with Crippen molar-refractivity contribution in [1.82, 2.24) is 5.32 Å². The standard InChI is InChI=1S/C17H15F2NO/c18-14-6-2-12(3-7-14)17(10-1-11-20-16(17)21)13-4-8-15(19)9-5-13/h2-9H,1,10-11H2,(H,20,21). The number of piperidine rings is 1.